The van der Waals surface area contributed by atoms with Crippen molar-refractivity contribution in [3.63, 3.8) is 0 Å². The van der Waals surface area contributed by atoms with E-state index in [-0.39, 0.29) is 0 Å². The molecule has 6 heteroatoms. The van der Waals surface area contributed by atoms with Crippen molar-refractivity contribution in [3.05, 3.63) is 12.7 Å². The first-order valence-electron chi connectivity index (χ1n) is 3.35. The third-order valence-corrected chi connectivity index (χ3v) is 2.05. The molecular formula is C6H6BrN5. The first-order chi connectivity index (χ1) is 5.83. The molecule has 0 radical (unpaired) electrons. The Labute approximate surface area is 77.2 Å². The van der Waals surface area contributed by atoms with E-state index in [1.165, 1.54) is 6.33 Å². The summed E-state index contributed by atoms with van der Waals surface area (Å²) >= 11 is 3.27. The lowest BCUT2D eigenvalue weighted by molar-refractivity contribution is 1.18. The fraction of sp³-hybridized carbons (Fsp3) is 0.167. The highest BCUT2D eigenvalue weighted by Gasteiger charge is 2.06. The predicted octanol–water partition coefficient (Wildman–Crippen LogP) is 1.03. The van der Waals surface area contributed by atoms with E-state index in [0.717, 1.165) is 17.0 Å². The van der Waals surface area contributed by atoms with Crippen LogP contribution in [0.3, 0.4) is 0 Å². The maximum Gasteiger partial charge on any atom is 0.175 e. The maximum atomic E-state index is 4.12. The van der Waals surface area contributed by atoms with Gasteiger partial charge in [-0.15, -0.1) is 0 Å². The summed E-state index contributed by atoms with van der Waals surface area (Å²) in [5.41, 5.74) is 1.52. The highest BCUT2D eigenvalue weighted by atomic mass is 79.9. The van der Waals surface area contributed by atoms with Crippen LogP contribution in [0.4, 0.5) is 5.82 Å². The van der Waals surface area contributed by atoms with Crippen LogP contribution < -0.4 is 5.32 Å². The third-order valence-electron chi connectivity index (χ3n) is 1.53. The molecule has 2 rings (SSSR count). The Bertz CT molecular complexity index is 409. The SMILES string of the molecule is CNc1ncnc2c1ncn2Br. The number of fused-ring (bicyclic) bond motifs is 1. The summed E-state index contributed by atoms with van der Waals surface area (Å²) in [5, 5.41) is 2.94. The Balaban J connectivity index is 2.81. The molecule has 0 spiro atoms. The van der Waals surface area contributed by atoms with Gasteiger partial charge in [0.1, 0.15) is 12.7 Å². The Hall–Kier alpha value is -1.17. The van der Waals surface area contributed by atoms with Gasteiger partial charge in [0.15, 0.2) is 17.0 Å². The van der Waals surface area contributed by atoms with Crippen molar-refractivity contribution in [2.45, 2.75) is 0 Å². The van der Waals surface area contributed by atoms with Crippen molar-refractivity contribution in [2.75, 3.05) is 12.4 Å². The van der Waals surface area contributed by atoms with Gasteiger partial charge in [0.2, 0.25) is 0 Å². The average molecular weight is 228 g/mol. The van der Waals surface area contributed by atoms with Crippen LogP contribution >= 0.6 is 16.1 Å². The monoisotopic (exact) mass is 227 g/mol. The second-order valence-corrected chi connectivity index (χ2v) is 2.96. The summed E-state index contributed by atoms with van der Waals surface area (Å²) in [6, 6.07) is 0. The minimum atomic E-state index is 0.734. The van der Waals surface area contributed by atoms with Crippen molar-refractivity contribution >= 4 is 33.1 Å². The molecule has 0 fully saturated rings. The number of anilines is 1. The third kappa shape index (κ3) is 0.953. The van der Waals surface area contributed by atoms with Gasteiger partial charge in [-0.05, 0) is 0 Å². The van der Waals surface area contributed by atoms with Gasteiger partial charge in [-0.3, -0.25) is 0 Å². The minimum absolute atomic E-state index is 0.734. The Morgan fingerprint density at radius 2 is 2.25 bits per heavy atom. The first-order valence-corrected chi connectivity index (χ1v) is 4.06. The first kappa shape index (κ1) is 7.48. The lowest BCUT2D eigenvalue weighted by atomic mass is 10.5. The maximum absolute atomic E-state index is 4.12. The molecule has 5 nitrogen and oxygen atoms in total. The number of nitrogens with zero attached hydrogens (tertiary/aromatic N) is 4. The summed E-state index contributed by atoms with van der Waals surface area (Å²) in [4.78, 5) is 12.2. The fourth-order valence-corrected chi connectivity index (χ4v) is 1.34. The Morgan fingerprint density at radius 3 is 3.00 bits per heavy atom. The van der Waals surface area contributed by atoms with Gasteiger partial charge in [0.25, 0.3) is 0 Å². The van der Waals surface area contributed by atoms with E-state index in [0.29, 0.717) is 0 Å². The van der Waals surface area contributed by atoms with Gasteiger partial charge < -0.3 is 5.32 Å². The van der Waals surface area contributed by atoms with Crippen molar-refractivity contribution < 1.29 is 0 Å². The van der Waals surface area contributed by atoms with Crippen LogP contribution in [0, 0.1) is 0 Å². The van der Waals surface area contributed by atoms with E-state index in [1.807, 2.05) is 0 Å². The Kier molecular flexibility index (Phi) is 1.69. The molecule has 0 atom stereocenters. The molecule has 62 valence electrons. The molecule has 0 bridgehead atoms. The van der Waals surface area contributed by atoms with E-state index in [1.54, 1.807) is 17.0 Å². The smallest absolute Gasteiger partial charge is 0.175 e. The molecule has 12 heavy (non-hydrogen) atoms. The van der Waals surface area contributed by atoms with E-state index in [4.69, 9.17) is 0 Å². The molecule has 2 aromatic rings. The largest absolute Gasteiger partial charge is 0.371 e. The van der Waals surface area contributed by atoms with Crippen LogP contribution in [0.15, 0.2) is 12.7 Å². The quantitative estimate of drug-likeness (QED) is 0.791. The minimum Gasteiger partial charge on any atom is -0.371 e. The van der Waals surface area contributed by atoms with Gasteiger partial charge in [-0.1, -0.05) is 0 Å². The number of halogens is 1. The molecule has 1 N–H and O–H groups in total. The van der Waals surface area contributed by atoms with Crippen LogP contribution in [0.1, 0.15) is 0 Å². The molecule has 0 amide bonds. The molecule has 0 aromatic carbocycles. The summed E-state index contributed by atoms with van der Waals surface area (Å²) in [7, 11) is 1.80. The van der Waals surface area contributed by atoms with Crippen LogP contribution in [-0.2, 0) is 0 Å². The number of hydrogen-bond acceptors (Lipinski definition) is 4. The number of imidazole rings is 1. The second-order valence-electron chi connectivity index (χ2n) is 2.20. The van der Waals surface area contributed by atoms with Gasteiger partial charge in [-0.25, -0.2) is 18.5 Å². The van der Waals surface area contributed by atoms with Gasteiger partial charge in [0, 0.05) is 7.05 Å². The molecule has 0 aliphatic carbocycles. The van der Waals surface area contributed by atoms with Crippen LogP contribution in [0.25, 0.3) is 11.2 Å². The number of hydrogen-bond donors (Lipinski definition) is 1. The zero-order valence-corrected chi connectivity index (χ0v) is 7.91. The van der Waals surface area contributed by atoms with Crippen molar-refractivity contribution in [2.24, 2.45) is 0 Å². The van der Waals surface area contributed by atoms with E-state index < -0.39 is 0 Å². The van der Waals surface area contributed by atoms with E-state index >= 15 is 0 Å². The molecular weight excluding hydrogens is 222 g/mol. The topological polar surface area (TPSA) is 55.6 Å². The van der Waals surface area contributed by atoms with Gasteiger partial charge >= 0.3 is 0 Å². The van der Waals surface area contributed by atoms with Gasteiger partial charge in [-0.2, -0.15) is 0 Å². The normalized spacial score (nSPS) is 10.5. The molecule has 0 unspecified atom stereocenters. The van der Waals surface area contributed by atoms with Crippen molar-refractivity contribution in [1.82, 2.24) is 18.5 Å². The molecule has 0 saturated carbocycles. The van der Waals surface area contributed by atoms with Crippen molar-refractivity contribution in [3.8, 4) is 0 Å². The van der Waals surface area contributed by atoms with Crippen molar-refractivity contribution in [1.29, 1.82) is 0 Å². The second kappa shape index (κ2) is 2.71. The Morgan fingerprint density at radius 1 is 1.42 bits per heavy atom. The average Bonchev–Trinajstić information content (AvgIpc) is 2.48. The highest BCUT2D eigenvalue weighted by Crippen LogP contribution is 2.17. The highest BCUT2D eigenvalue weighted by molar-refractivity contribution is 9.08. The fourth-order valence-electron chi connectivity index (χ4n) is 0.991. The van der Waals surface area contributed by atoms with E-state index in [9.17, 15) is 0 Å². The van der Waals surface area contributed by atoms with Crippen LogP contribution in [-0.4, -0.2) is 25.6 Å². The number of aromatic nitrogens is 4. The number of rotatable bonds is 1. The summed E-state index contributed by atoms with van der Waals surface area (Å²) in [6.45, 7) is 0. The predicted molar refractivity (Wildman–Crippen MR) is 49.2 cm³/mol. The zero-order valence-electron chi connectivity index (χ0n) is 6.32. The standard InChI is InChI=1S/C6H6BrN5/c1-8-5-4-6(10-2-9-5)12(7)3-11-4/h2-3H,1H3,(H,8,9,10). The van der Waals surface area contributed by atoms with E-state index in [2.05, 4.69) is 36.4 Å². The zero-order chi connectivity index (χ0) is 8.55. The summed E-state index contributed by atoms with van der Waals surface area (Å²) in [5.74, 6) is 0.734. The van der Waals surface area contributed by atoms with Crippen LogP contribution in [0.5, 0.6) is 0 Å². The lowest BCUT2D eigenvalue weighted by Crippen LogP contribution is -1.94. The summed E-state index contributed by atoms with van der Waals surface area (Å²) < 4.78 is 1.67. The van der Waals surface area contributed by atoms with Crippen LogP contribution in [0.2, 0.25) is 0 Å². The summed E-state index contributed by atoms with van der Waals surface area (Å²) in [6.07, 6.45) is 3.13. The molecule has 2 heterocycles. The molecule has 2 aromatic heterocycles. The lowest BCUT2D eigenvalue weighted by Gasteiger charge is -1.97. The number of nitrogens with one attached hydrogen (secondary N) is 1. The molecule has 0 saturated heterocycles. The van der Waals surface area contributed by atoms with Gasteiger partial charge in [0.05, 0.1) is 16.1 Å². The molecule has 0 aliphatic heterocycles. The molecule has 0 aliphatic rings.